The van der Waals surface area contributed by atoms with E-state index in [-0.39, 0.29) is 5.41 Å². The van der Waals surface area contributed by atoms with Gasteiger partial charge in [0.05, 0.1) is 0 Å². The van der Waals surface area contributed by atoms with Crippen LogP contribution in [0.4, 0.5) is 0 Å². The molecule has 0 fully saturated rings. The van der Waals surface area contributed by atoms with Crippen LogP contribution >= 0.6 is 0 Å². The van der Waals surface area contributed by atoms with Gasteiger partial charge in [0.25, 0.3) is 0 Å². The molecule has 1 aliphatic carbocycles. The predicted octanol–water partition coefficient (Wildman–Crippen LogP) is 10.1. The molecule has 0 aromatic heterocycles. The summed E-state index contributed by atoms with van der Waals surface area (Å²) in [4.78, 5) is 0. The summed E-state index contributed by atoms with van der Waals surface area (Å²) >= 11 is 0. The second kappa shape index (κ2) is 8.85. The van der Waals surface area contributed by atoms with E-state index in [1.807, 2.05) is 0 Å². The molecular weight excluding hydrogens is 456 g/mol. The first kappa shape index (κ1) is 22.8. The van der Waals surface area contributed by atoms with Crippen molar-refractivity contribution in [1.82, 2.24) is 0 Å². The highest BCUT2D eigenvalue weighted by molar-refractivity contribution is 5.96. The van der Waals surface area contributed by atoms with Gasteiger partial charge < -0.3 is 0 Å². The normalized spacial score (nSPS) is 13.3. The van der Waals surface area contributed by atoms with Gasteiger partial charge in [0.15, 0.2) is 0 Å². The Morgan fingerprint density at radius 3 is 1.74 bits per heavy atom. The third-order valence-electron chi connectivity index (χ3n) is 8.34. The summed E-state index contributed by atoms with van der Waals surface area (Å²) < 4.78 is 0. The lowest BCUT2D eigenvalue weighted by Gasteiger charge is -2.21. The van der Waals surface area contributed by atoms with Crippen molar-refractivity contribution in [2.24, 2.45) is 0 Å². The smallest absolute Gasteiger partial charge is 0.0159 e. The van der Waals surface area contributed by atoms with Crippen molar-refractivity contribution in [3.63, 3.8) is 0 Å². The topological polar surface area (TPSA) is 0 Å². The zero-order valence-electron chi connectivity index (χ0n) is 21.9. The number of fused-ring (bicyclic) bond motifs is 4. The van der Waals surface area contributed by atoms with Crippen molar-refractivity contribution in [2.45, 2.75) is 25.7 Å². The largest absolute Gasteiger partial charge is 0.0619 e. The van der Waals surface area contributed by atoms with Crippen molar-refractivity contribution in [3.8, 4) is 33.4 Å². The van der Waals surface area contributed by atoms with Gasteiger partial charge in [0.1, 0.15) is 0 Å². The Labute approximate surface area is 225 Å². The van der Waals surface area contributed by atoms with E-state index in [1.165, 1.54) is 66.4 Å². The molecule has 0 unspecified atom stereocenters. The van der Waals surface area contributed by atoms with Gasteiger partial charge in [0, 0.05) is 5.41 Å². The Bertz CT molecular complexity index is 1780. The van der Waals surface area contributed by atoms with Crippen LogP contribution in [0.5, 0.6) is 0 Å². The number of rotatable bonds is 4. The Kier molecular flexibility index (Phi) is 5.30. The van der Waals surface area contributed by atoms with Crippen LogP contribution in [0.25, 0.3) is 44.2 Å². The summed E-state index contributed by atoms with van der Waals surface area (Å²) in [6, 6.07) is 49.1. The van der Waals surface area contributed by atoms with E-state index < -0.39 is 0 Å². The molecule has 0 nitrogen and oxygen atoms in total. The predicted molar refractivity (Wildman–Crippen MR) is 162 cm³/mol. The molecular formula is C38H30. The van der Waals surface area contributed by atoms with Gasteiger partial charge in [-0.25, -0.2) is 0 Å². The Balaban J connectivity index is 1.16. The molecule has 1 aliphatic rings. The summed E-state index contributed by atoms with van der Waals surface area (Å²) in [5.41, 5.74) is 13.5. The van der Waals surface area contributed by atoms with Gasteiger partial charge in [-0.1, -0.05) is 147 Å². The van der Waals surface area contributed by atoms with Gasteiger partial charge in [0.2, 0.25) is 0 Å². The fourth-order valence-corrected chi connectivity index (χ4v) is 6.31. The second-order valence-electron chi connectivity index (χ2n) is 11.0. The van der Waals surface area contributed by atoms with Crippen LogP contribution < -0.4 is 0 Å². The van der Waals surface area contributed by atoms with Crippen molar-refractivity contribution in [2.75, 3.05) is 0 Å². The van der Waals surface area contributed by atoms with Crippen molar-refractivity contribution < 1.29 is 0 Å². The quantitative estimate of drug-likeness (QED) is 0.232. The minimum atomic E-state index is 0.0279. The van der Waals surface area contributed by atoms with E-state index in [2.05, 4.69) is 147 Å². The molecule has 38 heavy (non-hydrogen) atoms. The lowest BCUT2D eigenvalue weighted by Crippen LogP contribution is -2.14. The third kappa shape index (κ3) is 3.68. The molecule has 0 amide bonds. The highest BCUT2D eigenvalue weighted by atomic mass is 14.4. The van der Waals surface area contributed by atoms with E-state index in [4.69, 9.17) is 0 Å². The van der Waals surface area contributed by atoms with Crippen LogP contribution in [0, 0.1) is 0 Å². The second-order valence-corrected chi connectivity index (χ2v) is 11.0. The molecule has 0 heterocycles. The number of benzene rings is 6. The molecule has 0 aliphatic heterocycles. The molecule has 0 heteroatoms. The maximum atomic E-state index is 2.34. The average molecular weight is 487 g/mol. The van der Waals surface area contributed by atoms with Crippen LogP contribution in [0.15, 0.2) is 133 Å². The van der Waals surface area contributed by atoms with Crippen molar-refractivity contribution in [1.29, 1.82) is 0 Å². The SMILES string of the molecule is CC1(C)c2ccccc2-c2c(-c3ccc(Cc4ccc(-c5cccc6ccccc56)cc4)cc3)cccc21. The van der Waals surface area contributed by atoms with E-state index in [0.717, 1.165) is 6.42 Å². The first-order chi connectivity index (χ1) is 18.6. The molecule has 6 aromatic rings. The van der Waals surface area contributed by atoms with Crippen LogP contribution in [0.3, 0.4) is 0 Å². The van der Waals surface area contributed by atoms with Gasteiger partial charge in [-0.15, -0.1) is 0 Å². The molecule has 7 rings (SSSR count). The zero-order valence-corrected chi connectivity index (χ0v) is 21.9. The van der Waals surface area contributed by atoms with E-state index in [9.17, 15) is 0 Å². The zero-order chi connectivity index (χ0) is 25.7. The molecule has 0 atom stereocenters. The standard InChI is InChI=1S/C38H30/c1-38(2)35-15-6-5-12-34(35)37-33(14-8-16-36(37)38)30-23-19-27(20-24-30)25-26-17-21-29(22-18-26)32-13-7-10-28-9-3-4-11-31(28)32/h3-24H,25H2,1-2H3. The summed E-state index contributed by atoms with van der Waals surface area (Å²) in [6.07, 6.45) is 0.929. The van der Waals surface area contributed by atoms with Crippen molar-refractivity contribution in [3.05, 3.63) is 156 Å². The lowest BCUT2D eigenvalue weighted by atomic mass is 9.82. The summed E-state index contributed by atoms with van der Waals surface area (Å²) in [5.74, 6) is 0. The van der Waals surface area contributed by atoms with Gasteiger partial charge in [-0.2, -0.15) is 0 Å². The average Bonchev–Trinajstić information content (AvgIpc) is 3.20. The Morgan fingerprint density at radius 1 is 0.447 bits per heavy atom. The van der Waals surface area contributed by atoms with E-state index in [1.54, 1.807) is 0 Å². The van der Waals surface area contributed by atoms with Gasteiger partial charge >= 0.3 is 0 Å². The van der Waals surface area contributed by atoms with Crippen molar-refractivity contribution >= 4 is 10.8 Å². The molecule has 0 bridgehead atoms. The van der Waals surface area contributed by atoms with Crippen LogP contribution in [-0.4, -0.2) is 0 Å². The summed E-state index contributed by atoms with van der Waals surface area (Å²) in [7, 11) is 0. The first-order valence-electron chi connectivity index (χ1n) is 13.5. The number of hydrogen-bond acceptors (Lipinski definition) is 0. The summed E-state index contributed by atoms with van der Waals surface area (Å²) in [6.45, 7) is 4.69. The van der Waals surface area contributed by atoms with E-state index in [0.29, 0.717) is 0 Å². The molecule has 0 radical (unpaired) electrons. The number of hydrogen-bond donors (Lipinski definition) is 0. The first-order valence-corrected chi connectivity index (χ1v) is 13.5. The molecule has 182 valence electrons. The Hall–Kier alpha value is -4.42. The lowest BCUT2D eigenvalue weighted by molar-refractivity contribution is 0.660. The Morgan fingerprint density at radius 2 is 0.974 bits per heavy atom. The molecule has 0 saturated heterocycles. The minimum absolute atomic E-state index is 0.0279. The highest BCUT2D eigenvalue weighted by Crippen LogP contribution is 2.51. The molecule has 6 aromatic carbocycles. The monoisotopic (exact) mass is 486 g/mol. The highest BCUT2D eigenvalue weighted by Gasteiger charge is 2.36. The third-order valence-corrected chi connectivity index (χ3v) is 8.34. The van der Waals surface area contributed by atoms with Crippen LogP contribution in [0.2, 0.25) is 0 Å². The fraction of sp³-hybridized carbons (Fsp3) is 0.105. The summed E-state index contributed by atoms with van der Waals surface area (Å²) in [5, 5.41) is 2.59. The van der Waals surface area contributed by atoms with Crippen LogP contribution in [-0.2, 0) is 11.8 Å². The minimum Gasteiger partial charge on any atom is -0.0619 e. The maximum Gasteiger partial charge on any atom is 0.0159 e. The molecule has 0 N–H and O–H groups in total. The van der Waals surface area contributed by atoms with E-state index >= 15 is 0 Å². The molecule has 0 spiro atoms. The van der Waals surface area contributed by atoms with Crippen LogP contribution in [0.1, 0.15) is 36.1 Å². The van der Waals surface area contributed by atoms with Gasteiger partial charge in [-0.3, -0.25) is 0 Å². The fourth-order valence-electron chi connectivity index (χ4n) is 6.31. The van der Waals surface area contributed by atoms with Gasteiger partial charge in [-0.05, 0) is 72.8 Å². The maximum absolute atomic E-state index is 2.34. The molecule has 0 saturated carbocycles.